The summed E-state index contributed by atoms with van der Waals surface area (Å²) >= 11 is 1.60. The largest absolute Gasteiger partial charge is 0.377 e. The molecular weight excluding hydrogens is 284 g/mol. The molecule has 106 valence electrons. The molecule has 5 nitrogen and oxygen atoms in total. The molecule has 19 heavy (non-hydrogen) atoms. The number of pyridine rings is 1. The molecule has 1 aliphatic rings. The van der Waals surface area contributed by atoms with Crippen LogP contribution in [0, 0.1) is 0 Å². The monoisotopic (exact) mass is 302 g/mol. The number of hydrogen-bond acceptors (Lipinski definition) is 5. The first-order valence-electron chi connectivity index (χ1n) is 6.13. The van der Waals surface area contributed by atoms with Crippen molar-refractivity contribution >= 4 is 21.8 Å². The maximum absolute atomic E-state index is 11.9. The second-order valence-corrected chi connectivity index (χ2v) is 7.76. The van der Waals surface area contributed by atoms with Crippen LogP contribution in [0.15, 0.2) is 28.3 Å². The first-order valence-corrected chi connectivity index (χ1v) is 8.55. The van der Waals surface area contributed by atoms with Crippen LogP contribution in [0.4, 0.5) is 0 Å². The minimum Gasteiger partial charge on any atom is -0.377 e. The summed E-state index contributed by atoms with van der Waals surface area (Å²) < 4.78 is 30.5. The van der Waals surface area contributed by atoms with Gasteiger partial charge in [-0.2, -0.15) is 0 Å². The van der Waals surface area contributed by atoms with Gasteiger partial charge in [0.1, 0.15) is 4.90 Å². The van der Waals surface area contributed by atoms with Crippen molar-refractivity contribution in [1.29, 1.82) is 0 Å². The van der Waals surface area contributed by atoms with Gasteiger partial charge in [-0.05, 0) is 25.0 Å². The summed E-state index contributed by atoms with van der Waals surface area (Å²) in [6, 6.07) is 3.34. The van der Waals surface area contributed by atoms with E-state index in [1.54, 1.807) is 23.9 Å². The van der Waals surface area contributed by atoms with Crippen molar-refractivity contribution in [2.75, 3.05) is 26.5 Å². The van der Waals surface area contributed by atoms with Gasteiger partial charge in [0.25, 0.3) is 0 Å². The van der Waals surface area contributed by atoms with E-state index in [1.807, 2.05) is 0 Å². The Bertz CT molecular complexity index is 508. The Morgan fingerprint density at radius 1 is 1.47 bits per heavy atom. The van der Waals surface area contributed by atoms with Gasteiger partial charge in [-0.3, -0.25) is 0 Å². The van der Waals surface area contributed by atoms with Crippen molar-refractivity contribution in [3.05, 3.63) is 18.3 Å². The molecule has 2 heterocycles. The van der Waals surface area contributed by atoms with Crippen LogP contribution in [-0.2, 0) is 14.8 Å². The second kappa shape index (κ2) is 6.21. The van der Waals surface area contributed by atoms with E-state index in [9.17, 15) is 8.42 Å². The molecule has 1 fully saturated rings. The fourth-order valence-corrected chi connectivity index (χ4v) is 3.53. The van der Waals surface area contributed by atoms with E-state index >= 15 is 0 Å². The number of nitrogens with zero attached hydrogens (tertiary/aromatic N) is 2. The minimum atomic E-state index is -3.39. The molecule has 1 aromatic heterocycles. The molecule has 0 N–H and O–H groups in total. The van der Waals surface area contributed by atoms with Crippen molar-refractivity contribution in [3.8, 4) is 0 Å². The highest BCUT2D eigenvalue weighted by molar-refractivity contribution is 7.99. The molecule has 0 aliphatic carbocycles. The van der Waals surface area contributed by atoms with Gasteiger partial charge < -0.3 is 4.74 Å². The Balaban J connectivity index is 1.98. The quantitative estimate of drug-likeness (QED) is 0.773. The highest BCUT2D eigenvalue weighted by atomic mass is 32.2. The van der Waals surface area contributed by atoms with Gasteiger partial charge in [0.2, 0.25) is 10.0 Å². The fraction of sp³-hybridized carbons (Fsp3) is 0.583. The summed E-state index contributed by atoms with van der Waals surface area (Å²) in [4.78, 5) is 4.41. The number of aromatic nitrogens is 1. The minimum absolute atomic E-state index is 0.221. The van der Waals surface area contributed by atoms with Gasteiger partial charge in [0, 0.05) is 32.7 Å². The first-order chi connectivity index (χ1) is 9.00. The van der Waals surface area contributed by atoms with E-state index in [1.165, 1.54) is 24.6 Å². The normalized spacial score (nSPS) is 20.1. The van der Waals surface area contributed by atoms with Crippen LogP contribution in [0.3, 0.4) is 0 Å². The third-order valence-corrected chi connectivity index (χ3v) is 5.80. The SMILES string of the molecule is CN(C)S(=O)(=O)c1ccc(SC[C@@H]2CCCO2)nc1. The van der Waals surface area contributed by atoms with Gasteiger partial charge >= 0.3 is 0 Å². The Kier molecular flexibility index (Phi) is 4.83. The zero-order valence-electron chi connectivity index (χ0n) is 11.1. The van der Waals surface area contributed by atoms with Crippen LogP contribution < -0.4 is 0 Å². The molecule has 1 saturated heterocycles. The average molecular weight is 302 g/mol. The van der Waals surface area contributed by atoms with Gasteiger partial charge in [-0.1, -0.05) is 0 Å². The lowest BCUT2D eigenvalue weighted by atomic mass is 10.3. The lowest BCUT2D eigenvalue weighted by Gasteiger charge is -2.11. The Morgan fingerprint density at radius 3 is 2.79 bits per heavy atom. The van der Waals surface area contributed by atoms with E-state index < -0.39 is 10.0 Å². The number of thioether (sulfide) groups is 1. The number of rotatable bonds is 5. The highest BCUT2D eigenvalue weighted by Gasteiger charge is 2.18. The number of ether oxygens (including phenoxy) is 1. The highest BCUT2D eigenvalue weighted by Crippen LogP contribution is 2.23. The van der Waals surface area contributed by atoms with Crippen molar-refractivity contribution in [1.82, 2.24) is 9.29 Å². The first kappa shape index (κ1) is 14.8. The predicted molar refractivity (Wildman–Crippen MR) is 74.8 cm³/mol. The van der Waals surface area contributed by atoms with Gasteiger partial charge in [0.15, 0.2) is 0 Å². The van der Waals surface area contributed by atoms with E-state index in [-0.39, 0.29) is 4.90 Å². The van der Waals surface area contributed by atoms with E-state index in [0.29, 0.717) is 6.10 Å². The third kappa shape index (κ3) is 3.68. The Morgan fingerprint density at radius 2 is 2.26 bits per heavy atom. The van der Waals surface area contributed by atoms with Gasteiger partial charge in [-0.15, -0.1) is 11.8 Å². The van der Waals surface area contributed by atoms with Crippen LogP contribution in [0.25, 0.3) is 0 Å². The maximum atomic E-state index is 11.9. The third-order valence-electron chi connectivity index (χ3n) is 2.93. The summed E-state index contributed by atoms with van der Waals surface area (Å²) in [5, 5.41) is 0.827. The molecule has 1 atom stereocenters. The average Bonchev–Trinajstić information content (AvgIpc) is 2.90. The number of hydrogen-bond donors (Lipinski definition) is 0. The van der Waals surface area contributed by atoms with Crippen molar-refractivity contribution in [3.63, 3.8) is 0 Å². The predicted octanol–water partition coefficient (Wildman–Crippen LogP) is 1.60. The van der Waals surface area contributed by atoms with Crippen LogP contribution in [0.2, 0.25) is 0 Å². The number of sulfonamides is 1. The lowest BCUT2D eigenvalue weighted by Crippen LogP contribution is -2.22. The molecule has 0 unspecified atom stereocenters. The summed E-state index contributed by atoms with van der Waals surface area (Å²) in [7, 11) is -0.369. The van der Waals surface area contributed by atoms with Crippen molar-refractivity contribution in [2.24, 2.45) is 0 Å². The molecule has 1 aliphatic heterocycles. The summed E-state index contributed by atoms with van der Waals surface area (Å²) in [6.07, 6.45) is 3.93. The van der Waals surface area contributed by atoms with E-state index in [0.717, 1.165) is 30.2 Å². The molecule has 1 aromatic rings. The van der Waals surface area contributed by atoms with Crippen LogP contribution in [0.5, 0.6) is 0 Å². The Hall–Kier alpha value is -0.630. The molecule has 0 aromatic carbocycles. The van der Waals surface area contributed by atoms with Gasteiger partial charge in [-0.25, -0.2) is 17.7 Å². The van der Waals surface area contributed by atoms with E-state index in [4.69, 9.17) is 4.74 Å². The summed E-state index contributed by atoms with van der Waals surface area (Å²) in [5.74, 6) is 0.868. The second-order valence-electron chi connectivity index (χ2n) is 4.57. The molecule has 0 radical (unpaired) electrons. The smallest absolute Gasteiger partial charge is 0.244 e. The topological polar surface area (TPSA) is 59.5 Å². The molecule has 0 saturated carbocycles. The molecule has 2 rings (SSSR count). The van der Waals surface area contributed by atoms with Crippen LogP contribution in [0.1, 0.15) is 12.8 Å². The molecule has 0 bridgehead atoms. The fourth-order valence-electron chi connectivity index (χ4n) is 1.77. The van der Waals surface area contributed by atoms with Crippen molar-refractivity contribution < 1.29 is 13.2 Å². The molecule has 7 heteroatoms. The summed E-state index contributed by atoms with van der Waals surface area (Å²) in [6.45, 7) is 0.846. The summed E-state index contributed by atoms with van der Waals surface area (Å²) in [5.41, 5.74) is 0. The zero-order chi connectivity index (χ0) is 13.9. The van der Waals surface area contributed by atoms with Crippen LogP contribution >= 0.6 is 11.8 Å². The standard InChI is InChI=1S/C12H18N2O3S2/c1-14(2)19(15,16)11-5-6-12(13-8-11)18-9-10-4-3-7-17-10/h5-6,8,10H,3-4,7,9H2,1-2H3/t10-/m0/s1. The zero-order valence-corrected chi connectivity index (χ0v) is 12.7. The van der Waals surface area contributed by atoms with Gasteiger partial charge in [0.05, 0.1) is 11.1 Å². The Labute approximate surface area is 118 Å². The maximum Gasteiger partial charge on any atom is 0.244 e. The molecule has 0 amide bonds. The van der Waals surface area contributed by atoms with Crippen molar-refractivity contribution in [2.45, 2.75) is 28.9 Å². The molecule has 0 spiro atoms. The molecular formula is C12H18N2O3S2. The van der Waals surface area contributed by atoms with E-state index in [2.05, 4.69) is 4.98 Å². The lowest BCUT2D eigenvalue weighted by molar-refractivity contribution is 0.129. The van der Waals surface area contributed by atoms with Crippen LogP contribution in [-0.4, -0.2) is 50.3 Å².